The molecule has 2 N–H and O–H groups in total. The van der Waals surface area contributed by atoms with Crippen molar-refractivity contribution in [1.29, 1.82) is 0 Å². The van der Waals surface area contributed by atoms with E-state index < -0.39 is 0 Å². The molecule has 0 unspecified atom stereocenters. The minimum absolute atomic E-state index is 0.00838. The molecule has 2 aromatic carbocycles. The Balaban J connectivity index is 1.42. The van der Waals surface area contributed by atoms with Crippen LogP contribution in [0.15, 0.2) is 42.5 Å². The highest BCUT2D eigenvalue weighted by atomic mass is 16.6. The minimum atomic E-state index is -0.0843. The lowest BCUT2D eigenvalue weighted by molar-refractivity contribution is -0.122. The normalized spacial score (nSPS) is 14.2. The van der Waals surface area contributed by atoms with Crippen LogP contribution in [0.4, 0.5) is 0 Å². The Bertz CT molecular complexity index is 947. The fraction of sp³-hybridized carbons (Fsp3) is 0.364. The van der Waals surface area contributed by atoms with E-state index >= 15 is 0 Å². The zero-order chi connectivity index (χ0) is 19.5. The lowest BCUT2D eigenvalue weighted by atomic mass is 9.95. The van der Waals surface area contributed by atoms with Gasteiger partial charge in [0.1, 0.15) is 19.0 Å². The largest absolute Gasteiger partial charge is 0.486 e. The van der Waals surface area contributed by atoms with Gasteiger partial charge in [-0.3, -0.25) is 4.79 Å². The van der Waals surface area contributed by atoms with Gasteiger partial charge in [-0.05, 0) is 35.7 Å². The Morgan fingerprint density at radius 1 is 1.14 bits per heavy atom. The highest BCUT2D eigenvalue weighted by Crippen LogP contribution is 2.34. The van der Waals surface area contributed by atoms with E-state index in [0.717, 1.165) is 33.9 Å². The monoisotopic (exact) mass is 379 g/mol. The number of H-pyrrole nitrogens is 1. The third kappa shape index (κ3) is 3.96. The molecule has 3 aromatic rings. The van der Waals surface area contributed by atoms with Crippen LogP contribution in [-0.4, -0.2) is 29.1 Å². The summed E-state index contributed by atoms with van der Waals surface area (Å²) in [4.78, 5) is 20.4. The standard InChI is InChI=1S/C22H25N3O3/c1-14(2)22(15-7-8-18-19(13-15)28-12-11-27-18)25-21(26)10-9-20-23-16-5-3-4-6-17(16)24-20/h3-8,13-14,22H,9-12H2,1-2H3,(H,23,24)(H,25,26)/t22-/m0/s1. The van der Waals surface area contributed by atoms with Gasteiger partial charge in [-0.1, -0.05) is 32.0 Å². The quantitative estimate of drug-likeness (QED) is 0.683. The van der Waals surface area contributed by atoms with E-state index in [-0.39, 0.29) is 17.9 Å². The van der Waals surface area contributed by atoms with E-state index in [1.54, 1.807) is 0 Å². The second-order valence-corrected chi connectivity index (χ2v) is 7.39. The second kappa shape index (κ2) is 7.92. The van der Waals surface area contributed by atoms with Gasteiger partial charge in [0, 0.05) is 12.8 Å². The van der Waals surface area contributed by atoms with Crippen molar-refractivity contribution in [3.63, 3.8) is 0 Å². The molecule has 0 saturated heterocycles. The number of hydrogen-bond acceptors (Lipinski definition) is 4. The van der Waals surface area contributed by atoms with Crippen molar-refractivity contribution in [2.45, 2.75) is 32.7 Å². The van der Waals surface area contributed by atoms with E-state index in [2.05, 4.69) is 29.1 Å². The summed E-state index contributed by atoms with van der Waals surface area (Å²) >= 11 is 0. The Morgan fingerprint density at radius 3 is 2.71 bits per heavy atom. The number of carbonyl (C=O) groups excluding carboxylic acids is 1. The van der Waals surface area contributed by atoms with Crippen LogP contribution in [0.3, 0.4) is 0 Å². The first-order chi connectivity index (χ1) is 13.6. The van der Waals surface area contributed by atoms with Crippen LogP contribution in [0.5, 0.6) is 11.5 Å². The van der Waals surface area contributed by atoms with Crippen molar-refractivity contribution < 1.29 is 14.3 Å². The lowest BCUT2D eigenvalue weighted by Crippen LogP contribution is -2.32. The van der Waals surface area contributed by atoms with Crippen LogP contribution < -0.4 is 14.8 Å². The number of aromatic amines is 1. The Kier molecular flexibility index (Phi) is 5.19. The SMILES string of the molecule is CC(C)[C@H](NC(=O)CCc1nc2ccccc2[nH]1)c1ccc2c(c1)OCCO2. The fourth-order valence-corrected chi connectivity index (χ4v) is 3.49. The molecule has 1 atom stereocenters. The van der Waals surface area contributed by atoms with Gasteiger partial charge in [-0.2, -0.15) is 0 Å². The maximum atomic E-state index is 12.6. The third-order valence-electron chi connectivity index (χ3n) is 4.94. The molecule has 1 aromatic heterocycles. The third-order valence-corrected chi connectivity index (χ3v) is 4.94. The zero-order valence-electron chi connectivity index (χ0n) is 16.2. The van der Waals surface area contributed by atoms with Crippen molar-refractivity contribution in [3.8, 4) is 11.5 Å². The predicted octanol–water partition coefficient (Wildman–Crippen LogP) is 3.78. The number of hydrogen-bond donors (Lipinski definition) is 2. The van der Waals surface area contributed by atoms with E-state index in [9.17, 15) is 4.79 Å². The maximum Gasteiger partial charge on any atom is 0.220 e. The lowest BCUT2D eigenvalue weighted by Gasteiger charge is -2.25. The molecule has 146 valence electrons. The number of ether oxygens (including phenoxy) is 2. The van der Waals surface area contributed by atoms with Crippen molar-refractivity contribution in [3.05, 3.63) is 53.9 Å². The number of amides is 1. The number of imidazole rings is 1. The van der Waals surface area contributed by atoms with Gasteiger partial charge >= 0.3 is 0 Å². The van der Waals surface area contributed by atoms with Gasteiger partial charge in [-0.15, -0.1) is 0 Å². The number of carbonyl (C=O) groups is 1. The van der Waals surface area contributed by atoms with Crippen molar-refractivity contribution in [1.82, 2.24) is 15.3 Å². The Hall–Kier alpha value is -3.02. The molecule has 6 heteroatoms. The fourth-order valence-electron chi connectivity index (χ4n) is 3.49. The summed E-state index contributed by atoms with van der Waals surface area (Å²) in [6, 6.07) is 13.7. The number of rotatable bonds is 6. The molecule has 6 nitrogen and oxygen atoms in total. The summed E-state index contributed by atoms with van der Waals surface area (Å²) in [5.74, 6) is 2.59. The van der Waals surface area contributed by atoms with Crippen LogP contribution in [0.25, 0.3) is 11.0 Å². The van der Waals surface area contributed by atoms with Gasteiger partial charge in [-0.25, -0.2) is 4.98 Å². The van der Waals surface area contributed by atoms with Gasteiger partial charge in [0.25, 0.3) is 0 Å². The molecule has 0 aliphatic carbocycles. The van der Waals surface area contributed by atoms with Crippen molar-refractivity contribution in [2.75, 3.05) is 13.2 Å². The van der Waals surface area contributed by atoms with Crippen molar-refractivity contribution in [2.24, 2.45) is 5.92 Å². The molecule has 28 heavy (non-hydrogen) atoms. The average Bonchev–Trinajstić information content (AvgIpc) is 3.13. The van der Waals surface area contributed by atoms with E-state index in [4.69, 9.17) is 9.47 Å². The number of fused-ring (bicyclic) bond motifs is 2. The molecule has 0 fully saturated rings. The molecule has 0 spiro atoms. The maximum absolute atomic E-state index is 12.6. The van der Waals surface area contributed by atoms with Crippen LogP contribution in [0.1, 0.15) is 37.7 Å². The molecule has 0 saturated carbocycles. The number of nitrogens with zero attached hydrogens (tertiary/aromatic N) is 1. The van der Waals surface area contributed by atoms with Crippen LogP contribution in [0, 0.1) is 5.92 Å². The second-order valence-electron chi connectivity index (χ2n) is 7.39. The van der Waals surface area contributed by atoms with Gasteiger partial charge in [0.05, 0.1) is 17.1 Å². The Morgan fingerprint density at radius 2 is 1.93 bits per heavy atom. The molecule has 2 heterocycles. The number of nitrogens with one attached hydrogen (secondary N) is 2. The first-order valence-electron chi connectivity index (χ1n) is 9.72. The molecular weight excluding hydrogens is 354 g/mol. The van der Waals surface area contributed by atoms with Crippen molar-refractivity contribution >= 4 is 16.9 Å². The summed E-state index contributed by atoms with van der Waals surface area (Å²) in [7, 11) is 0. The number of para-hydroxylation sites is 2. The topological polar surface area (TPSA) is 76.2 Å². The summed E-state index contributed by atoms with van der Waals surface area (Å²) < 4.78 is 11.3. The van der Waals surface area contributed by atoms with Crippen LogP contribution in [-0.2, 0) is 11.2 Å². The smallest absolute Gasteiger partial charge is 0.220 e. The Labute approximate surface area is 164 Å². The summed E-state index contributed by atoms with van der Waals surface area (Å²) in [6.07, 6.45) is 0.958. The summed E-state index contributed by atoms with van der Waals surface area (Å²) in [5.41, 5.74) is 2.94. The zero-order valence-corrected chi connectivity index (χ0v) is 16.2. The highest BCUT2D eigenvalue weighted by Gasteiger charge is 2.21. The molecule has 1 amide bonds. The molecular formula is C22H25N3O3. The minimum Gasteiger partial charge on any atom is -0.486 e. The highest BCUT2D eigenvalue weighted by molar-refractivity contribution is 5.77. The molecule has 4 rings (SSSR count). The van der Waals surface area contributed by atoms with Gasteiger partial charge < -0.3 is 19.8 Å². The van der Waals surface area contributed by atoms with E-state index in [1.807, 2.05) is 42.5 Å². The van der Waals surface area contributed by atoms with Gasteiger partial charge in [0.15, 0.2) is 11.5 Å². The van der Waals surface area contributed by atoms with Crippen LogP contribution in [0.2, 0.25) is 0 Å². The molecule has 0 radical (unpaired) electrons. The predicted molar refractivity (Wildman–Crippen MR) is 108 cm³/mol. The first kappa shape index (κ1) is 18.3. The summed E-state index contributed by atoms with van der Waals surface area (Å²) in [5, 5.41) is 3.17. The van der Waals surface area contributed by atoms with Gasteiger partial charge in [0.2, 0.25) is 5.91 Å². The molecule has 0 bridgehead atoms. The number of benzene rings is 2. The average molecular weight is 379 g/mol. The molecule has 1 aliphatic rings. The summed E-state index contributed by atoms with van der Waals surface area (Å²) in [6.45, 7) is 5.31. The molecule has 1 aliphatic heterocycles. The van der Waals surface area contributed by atoms with Crippen LogP contribution >= 0.6 is 0 Å². The number of aryl methyl sites for hydroxylation is 1. The number of aromatic nitrogens is 2. The van der Waals surface area contributed by atoms with E-state index in [1.165, 1.54) is 0 Å². The first-order valence-corrected chi connectivity index (χ1v) is 9.72. The van der Waals surface area contributed by atoms with E-state index in [0.29, 0.717) is 26.1 Å².